The van der Waals surface area contributed by atoms with Gasteiger partial charge in [0.25, 0.3) is 0 Å². The molecule has 1 unspecified atom stereocenters. The second-order valence-corrected chi connectivity index (χ2v) is 5.65. The van der Waals surface area contributed by atoms with Gasteiger partial charge in [0.05, 0.1) is 12.1 Å². The first-order chi connectivity index (χ1) is 7.11. The molecule has 0 amide bonds. The van der Waals surface area contributed by atoms with Crippen LogP contribution in [0.4, 0.5) is 0 Å². The highest BCUT2D eigenvalue weighted by Gasteiger charge is 2.46. The van der Waals surface area contributed by atoms with Crippen molar-refractivity contribution in [1.82, 2.24) is 4.90 Å². The first kappa shape index (κ1) is 11.4. The molecule has 2 aliphatic rings. The summed E-state index contributed by atoms with van der Waals surface area (Å²) in [6.07, 6.45) is 4.94. The lowest BCUT2D eigenvalue weighted by atomic mass is 9.86. The molecule has 1 atom stereocenters. The van der Waals surface area contributed by atoms with Crippen molar-refractivity contribution < 1.29 is 4.74 Å². The molecule has 0 radical (unpaired) electrons. The summed E-state index contributed by atoms with van der Waals surface area (Å²) in [4.78, 5) is 2.61. The lowest BCUT2D eigenvalue weighted by Crippen LogP contribution is -2.62. The number of hydrogen-bond donors (Lipinski definition) is 1. The van der Waals surface area contributed by atoms with E-state index in [1.165, 1.54) is 25.8 Å². The van der Waals surface area contributed by atoms with Crippen LogP contribution in [0.15, 0.2) is 0 Å². The molecule has 2 fully saturated rings. The van der Waals surface area contributed by atoms with Crippen molar-refractivity contribution in [2.75, 3.05) is 26.3 Å². The van der Waals surface area contributed by atoms with E-state index >= 15 is 0 Å². The van der Waals surface area contributed by atoms with E-state index in [2.05, 4.69) is 18.7 Å². The van der Waals surface area contributed by atoms with Crippen molar-refractivity contribution in [2.45, 2.75) is 50.6 Å². The Balaban J connectivity index is 2.17. The Hall–Kier alpha value is -0.120. The van der Waals surface area contributed by atoms with Crippen molar-refractivity contribution in [3.8, 4) is 0 Å². The number of likely N-dealkylation sites (tertiary alicyclic amines) is 1. The fraction of sp³-hybridized carbons (Fsp3) is 1.00. The van der Waals surface area contributed by atoms with Gasteiger partial charge in [-0.05, 0) is 46.1 Å². The predicted molar refractivity (Wildman–Crippen MR) is 61.9 cm³/mol. The second kappa shape index (κ2) is 4.04. The SMILES string of the molecule is CC1(C)CCCN1C1(CN)CCCOC1. The van der Waals surface area contributed by atoms with Gasteiger partial charge in [-0.15, -0.1) is 0 Å². The standard InChI is InChI=1S/C12H24N2O/c1-11(2)5-3-7-14(11)12(9-13)6-4-8-15-10-12/h3-10,13H2,1-2H3. The zero-order valence-electron chi connectivity index (χ0n) is 10.1. The Kier molecular flexibility index (Phi) is 3.06. The summed E-state index contributed by atoms with van der Waals surface area (Å²) in [7, 11) is 0. The van der Waals surface area contributed by atoms with Gasteiger partial charge in [0.1, 0.15) is 0 Å². The van der Waals surface area contributed by atoms with Crippen LogP contribution in [-0.2, 0) is 4.74 Å². The summed E-state index contributed by atoms with van der Waals surface area (Å²) in [6, 6.07) is 0. The normalized spacial score (nSPS) is 37.0. The molecule has 0 aromatic carbocycles. The molecule has 3 nitrogen and oxygen atoms in total. The molecule has 0 bridgehead atoms. The summed E-state index contributed by atoms with van der Waals surface area (Å²) in [5.41, 5.74) is 6.45. The zero-order valence-corrected chi connectivity index (χ0v) is 10.1. The predicted octanol–water partition coefficient (Wildman–Crippen LogP) is 1.37. The van der Waals surface area contributed by atoms with Crippen LogP contribution in [0, 0.1) is 0 Å². The smallest absolute Gasteiger partial charge is 0.0662 e. The third-order valence-corrected chi connectivity index (χ3v) is 4.16. The van der Waals surface area contributed by atoms with Crippen LogP contribution in [0.5, 0.6) is 0 Å². The summed E-state index contributed by atoms with van der Waals surface area (Å²) < 4.78 is 5.66. The van der Waals surface area contributed by atoms with Gasteiger partial charge in [-0.1, -0.05) is 0 Å². The first-order valence-corrected chi connectivity index (χ1v) is 6.16. The Morgan fingerprint density at radius 2 is 2.07 bits per heavy atom. The minimum Gasteiger partial charge on any atom is -0.379 e. The van der Waals surface area contributed by atoms with E-state index in [0.29, 0.717) is 5.54 Å². The Morgan fingerprint density at radius 1 is 1.27 bits per heavy atom. The van der Waals surface area contributed by atoms with Crippen molar-refractivity contribution >= 4 is 0 Å². The summed E-state index contributed by atoms with van der Waals surface area (Å²) in [5, 5.41) is 0. The molecule has 0 aliphatic carbocycles. The van der Waals surface area contributed by atoms with E-state index in [1.54, 1.807) is 0 Å². The van der Waals surface area contributed by atoms with Gasteiger partial charge < -0.3 is 10.5 Å². The van der Waals surface area contributed by atoms with Gasteiger partial charge in [0, 0.05) is 18.7 Å². The highest BCUT2D eigenvalue weighted by atomic mass is 16.5. The van der Waals surface area contributed by atoms with Gasteiger partial charge in [-0.3, -0.25) is 4.90 Å². The van der Waals surface area contributed by atoms with Crippen LogP contribution in [0.3, 0.4) is 0 Å². The fourth-order valence-corrected chi connectivity index (χ4v) is 3.31. The largest absolute Gasteiger partial charge is 0.379 e. The number of nitrogens with two attached hydrogens (primary N) is 1. The maximum atomic E-state index is 6.02. The molecule has 0 saturated carbocycles. The lowest BCUT2D eigenvalue weighted by molar-refractivity contribution is -0.0686. The molecule has 3 heteroatoms. The molecule has 15 heavy (non-hydrogen) atoms. The molecule has 88 valence electrons. The van der Waals surface area contributed by atoms with Gasteiger partial charge in [0.2, 0.25) is 0 Å². The molecule has 0 spiro atoms. The lowest BCUT2D eigenvalue weighted by Gasteiger charge is -2.49. The minimum atomic E-state index is 0.123. The Morgan fingerprint density at radius 3 is 2.53 bits per heavy atom. The third kappa shape index (κ3) is 1.93. The van der Waals surface area contributed by atoms with Crippen LogP contribution >= 0.6 is 0 Å². The molecule has 2 N–H and O–H groups in total. The van der Waals surface area contributed by atoms with E-state index in [0.717, 1.165) is 26.2 Å². The van der Waals surface area contributed by atoms with E-state index < -0.39 is 0 Å². The number of rotatable bonds is 2. The molecule has 0 aromatic rings. The Bertz CT molecular complexity index is 222. The summed E-state index contributed by atoms with van der Waals surface area (Å²) >= 11 is 0. The van der Waals surface area contributed by atoms with Gasteiger partial charge in [0.15, 0.2) is 0 Å². The van der Waals surface area contributed by atoms with Crippen molar-refractivity contribution in [1.29, 1.82) is 0 Å². The molecular weight excluding hydrogens is 188 g/mol. The van der Waals surface area contributed by atoms with E-state index in [-0.39, 0.29) is 5.54 Å². The summed E-state index contributed by atoms with van der Waals surface area (Å²) in [6.45, 7) is 8.34. The third-order valence-electron chi connectivity index (χ3n) is 4.16. The number of ether oxygens (including phenoxy) is 1. The quantitative estimate of drug-likeness (QED) is 0.751. The number of nitrogens with zero attached hydrogens (tertiary/aromatic N) is 1. The van der Waals surface area contributed by atoms with Crippen molar-refractivity contribution in [2.24, 2.45) is 5.73 Å². The van der Waals surface area contributed by atoms with E-state index in [4.69, 9.17) is 10.5 Å². The molecule has 2 rings (SSSR count). The van der Waals surface area contributed by atoms with Crippen molar-refractivity contribution in [3.05, 3.63) is 0 Å². The van der Waals surface area contributed by atoms with Gasteiger partial charge >= 0.3 is 0 Å². The zero-order chi connectivity index (χ0) is 10.9. The highest BCUT2D eigenvalue weighted by molar-refractivity contribution is 5.02. The average molecular weight is 212 g/mol. The van der Waals surface area contributed by atoms with Crippen LogP contribution < -0.4 is 5.73 Å². The second-order valence-electron chi connectivity index (χ2n) is 5.65. The van der Waals surface area contributed by atoms with Crippen LogP contribution in [0.1, 0.15) is 39.5 Å². The monoisotopic (exact) mass is 212 g/mol. The van der Waals surface area contributed by atoms with E-state index in [9.17, 15) is 0 Å². The maximum Gasteiger partial charge on any atom is 0.0662 e. The van der Waals surface area contributed by atoms with Crippen LogP contribution in [0.25, 0.3) is 0 Å². The van der Waals surface area contributed by atoms with Crippen molar-refractivity contribution in [3.63, 3.8) is 0 Å². The molecule has 2 heterocycles. The number of hydrogen-bond acceptors (Lipinski definition) is 3. The van der Waals surface area contributed by atoms with Crippen LogP contribution in [0.2, 0.25) is 0 Å². The topological polar surface area (TPSA) is 38.5 Å². The average Bonchev–Trinajstić information content (AvgIpc) is 2.60. The minimum absolute atomic E-state index is 0.123. The molecule has 0 aromatic heterocycles. The molecule has 2 aliphatic heterocycles. The maximum absolute atomic E-state index is 6.02. The fourth-order valence-electron chi connectivity index (χ4n) is 3.31. The Labute approximate surface area is 93.0 Å². The summed E-state index contributed by atoms with van der Waals surface area (Å²) in [5.74, 6) is 0. The first-order valence-electron chi connectivity index (χ1n) is 6.16. The highest BCUT2D eigenvalue weighted by Crippen LogP contribution is 2.38. The van der Waals surface area contributed by atoms with Crippen LogP contribution in [-0.4, -0.2) is 42.3 Å². The van der Waals surface area contributed by atoms with Gasteiger partial charge in [-0.2, -0.15) is 0 Å². The molecular formula is C12H24N2O. The van der Waals surface area contributed by atoms with Gasteiger partial charge in [-0.25, -0.2) is 0 Å². The molecule has 2 saturated heterocycles. The van der Waals surface area contributed by atoms with E-state index in [1.807, 2.05) is 0 Å².